The summed E-state index contributed by atoms with van der Waals surface area (Å²) in [7, 11) is 0. The zero-order valence-corrected chi connectivity index (χ0v) is 10.2. The van der Waals surface area contributed by atoms with Crippen LogP contribution in [0.3, 0.4) is 0 Å². The summed E-state index contributed by atoms with van der Waals surface area (Å²) in [4.78, 5) is 5.44. The van der Waals surface area contributed by atoms with Crippen LogP contribution in [0.25, 0.3) is 15.2 Å². The number of nitrogens with zero attached hydrogens (tertiary/aromatic N) is 2. The maximum Gasteiger partial charge on any atom is 0.194 e. The Labute approximate surface area is 102 Å². The maximum absolute atomic E-state index is 9.06. The van der Waals surface area contributed by atoms with Crippen LogP contribution in [0.5, 0.6) is 0 Å². The third-order valence-corrected chi connectivity index (χ3v) is 3.88. The minimum absolute atomic E-state index is 0.0346. The van der Waals surface area contributed by atoms with Crippen molar-refractivity contribution in [2.75, 3.05) is 6.61 Å². The Morgan fingerprint density at radius 2 is 2.35 bits per heavy atom. The van der Waals surface area contributed by atoms with Crippen molar-refractivity contribution in [2.45, 2.75) is 13.0 Å². The molecule has 0 amide bonds. The van der Waals surface area contributed by atoms with E-state index < -0.39 is 0 Å². The molecule has 3 N–H and O–H groups in total. The van der Waals surface area contributed by atoms with Gasteiger partial charge in [-0.3, -0.25) is 4.40 Å². The summed E-state index contributed by atoms with van der Waals surface area (Å²) < 4.78 is 3.23. The molecule has 0 saturated heterocycles. The van der Waals surface area contributed by atoms with E-state index >= 15 is 0 Å². The van der Waals surface area contributed by atoms with Crippen LogP contribution in [0.15, 0.2) is 24.4 Å². The normalized spacial score (nSPS) is 13.6. The summed E-state index contributed by atoms with van der Waals surface area (Å²) >= 11 is 1.64. The van der Waals surface area contributed by atoms with Crippen LogP contribution in [-0.2, 0) is 0 Å². The third-order valence-electron chi connectivity index (χ3n) is 2.86. The Balaban J connectivity index is 2.23. The van der Waals surface area contributed by atoms with Crippen LogP contribution in [0, 0.1) is 6.92 Å². The van der Waals surface area contributed by atoms with Gasteiger partial charge >= 0.3 is 0 Å². The molecule has 2 heterocycles. The van der Waals surface area contributed by atoms with Crippen molar-refractivity contribution in [3.05, 3.63) is 35.7 Å². The van der Waals surface area contributed by atoms with Gasteiger partial charge in [0, 0.05) is 6.20 Å². The highest BCUT2D eigenvalue weighted by atomic mass is 32.1. The van der Waals surface area contributed by atoms with Crippen molar-refractivity contribution >= 4 is 26.5 Å². The number of aromatic nitrogens is 2. The van der Waals surface area contributed by atoms with Crippen molar-refractivity contribution in [1.82, 2.24) is 9.38 Å². The highest BCUT2D eigenvalue weighted by Gasteiger charge is 2.10. The number of fused-ring (bicyclic) bond motifs is 3. The Morgan fingerprint density at radius 3 is 3.12 bits per heavy atom. The quantitative estimate of drug-likeness (QED) is 0.726. The smallest absolute Gasteiger partial charge is 0.194 e. The summed E-state index contributed by atoms with van der Waals surface area (Å²) in [6.07, 6.45) is 2.03. The molecule has 1 unspecified atom stereocenters. The number of benzene rings is 1. The minimum Gasteiger partial charge on any atom is -0.394 e. The van der Waals surface area contributed by atoms with Gasteiger partial charge < -0.3 is 10.8 Å². The molecule has 3 rings (SSSR count). The Morgan fingerprint density at radius 1 is 1.53 bits per heavy atom. The van der Waals surface area contributed by atoms with E-state index in [9.17, 15) is 0 Å². The highest BCUT2D eigenvalue weighted by Crippen LogP contribution is 2.28. The van der Waals surface area contributed by atoms with E-state index in [4.69, 9.17) is 10.8 Å². The lowest BCUT2D eigenvalue weighted by Gasteiger charge is -2.07. The average molecular weight is 247 g/mol. The number of hydrogen-bond acceptors (Lipinski definition) is 4. The number of nitrogens with two attached hydrogens (primary N) is 1. The monoisotopic (exact) mass is 247 g/mol. The summed E-state index contributed by atoms with van der Waals surface area (Å²) in [5, 5.41) is 9.06. The number of rotatable bonds is 2. The zero-order chi connectivity index (χ0) is 12.0. The standard InChI is InChI=1S/C12H13N3OS/c1-7-5-15-10-3-2-8(9(13)6-16)4-11(10)17-12(15)14-7/h2-5,9,16H,6,13H2,1H3. The molecule has 3 aromatic rings. The van der Waals surface area contributed by atoms with E-state index in [1.54, 1.807) is 11.3 Å². The van der Waals surface area contributed by atoms with Crippen LogP contribution in [-0.4, -0.2) is 21.1 Å². The summed E-state index contributed by atoms with van der Waals surface area (Å²) in [5.41, 5.74) is 8.93. The van der Waals surface area contributed by atoms with Gasteiger partial charge in [-0.05, 0) is 24.6 Å². The van der Waals surface area contributed by atoms with Crippen molar-refractivity contribution in [2.24, 2.45) is 5.73 Å². The molecule has 0 aliphatic heterocycles. The van der Waals surface area contributed by atoms with E-state index in [2.05, 4.69) is 9.38 Å². The van der Waals surface area contributed by atoms with Crippen LogP contribution >= 0.6 is 11.3 Å². The van der Waals surface area contributed by atoms with Crippen LogP contribution < -0.4 is 5.73 Å². The van der Waals surface area contributed by atoms with Gasteiger partial charge in [-0.2, -0.15) is 0 Å². The number of aliphatic hydroxyl groups excluding tert-OH is 1. The molecule has 0 aliphatic rings. The van der Waals surface area contributed by atoms with Gasteiger partial charge in [0.15, 0.2) is 4.96 Å². The topological polar surface area (TPSA) is 63.5 Å². The van der Waals surface area contributed by atoms with E-state index in [-0.39, 0.29) is 12.6 Å². The van der Waals surface area contributed by atoms with E-state index in [0.29, 0.717) is 0 Å². The van der Waals surface area contributed by atoms with E-state index in [1.165, 1.54) is 0 Å². The first-order valence-corrected chi connectivity index (χ1v) is 6.25. The van der Waals surface area contributed by atoms with Gasteiger partial charge in [0.05, 0.1) is 28.6 Å². The molecule has 0 aliphatic carbocycles. The zero-order valence-electron chi connectivity index (χ0n) is 9.42. The fourth-order valence-corrected chi connectivity index (χ4v) is 3.07. The molecule has 1 atom stereocenters. The predicted octanol–water partition coefficient (Wildman–Crippen LogP) is 1.85. The van der Waals surface area contributed by atoms with Crippen LogP contribution in [0.2, 0.25) is 0 Å². The first-order chi connectivity index (χ1) is 8.19. The van der Waals surface area contributed by atoms with Gasteiger partial charge in [0.1, 0.15) is 0 Å². The number of imidazole rings is 1. The lowest BCUT2D eigenvalue weighted by molar-refractivity contribution is 0.268. The fraction of sp³-hybridized carbons (Fsp3) is 0.250. The number of hydrogen-bond donors (Lipinski definition) is 2. The summed E-state index contributed by atoms with van der Waals surface area (Å²) in [6.45, 7) is 1.95. The van der Waals surface area contributed by atoms with Gasteiger partial charge in [0.2, 0.25) is 0 Å². The third kappa shape index (κ3) is 1.63. The fourth-order valence-electron chi connectivity index (χ4n) is 1.97. The second kappa shape index (κ2) is 3.80. The maximum atomic E-state index is 9.06. The Hall–Kier alpha value is -1.43. The second-order valence-electron chi connectivity index (χ2n) is 4.15. The first kappa shape index (κ1) is 10.7. The predicted molar refractivity (Wildman–Crippen MR) is 69.3 cm³/mol. The summed E-state index contributed by atoms with van der Waals surface area (Å²) in [5.74, 6) is 0. The molecule has 0 bridgehead atoms. The molecular weight excluding hydrogens is 234 g/mol. The van der Waals surface area contributed by atoms with Gasteiger partial charge in [0.25, 0.3) is 0 Å². The van der Waals surface area contributed by atoms with E-state index in [0.717, 1.165) is 26.4 Å². The van der Waals surface area contributed by atoms with Gasteiger partial charge in [-0.15, -0.1) is 0 Å². The van der Waals surface area contributed by atoms with Crippen LogP contribution in [0.4, 0.5) is 0 Å². The highest BCUT2D eigenvalue weighted by molar-refractivity contribution is 7.23. The summed E-state index contributed by atoms with van der Waals surface area (Å²) in [6, 6.07) is 5.72. The lowest BCUT2D eigenvalue weighted by Crippen LogP contribution is -2.14. The number of aryl methyl sites for hydroxylation is 1. The molecule has 0 spiro atoms. The molecule has 17 heavy (non-hydrogen) atoms. The molecule has 0 saturated carbocycles. The minimum atomic E-state index is -0.310. The molecule has 88 valence electrons. The van der Waals surface area contributed by atoms with Gasteiger partial charge in [-0.1, -0.05) is 17.4 Å². The largest absolute Gasteiger partial charge is 0.394 e. The Bertz CT molecular complexity index is 685. The van der Waals surface area contributed by atoms with Crippen LogP contribution in [0.1, 0.15) is 17.3 Å². The Kier molecular flexibility index (Phi) is 2.39. The lowest BCUT2D eigenvalue weighted by atomic mass is 10.1. The molecule has 0 radical (unpaired) electrons. The first-order valence-electron chi connectivity index (χ1n) is 5.43. The molecule has 1 aromatic carbocycles. The number of thiazole rings is 1. The molecule has 5 heteroatoms. The van der Waals surface area contributed by atoms with Crippen molar-refractivity contribution in [3.63, 3.8) is 0 Å². The van der Waals surface area contributed by atoms with Crippen molar-refractivity contribution < 1.29 is 5.11 Å². The molecule has 4 nitrogen and oxygen atoms in total. The molecule has 2 aromatic heterocycles. The van der Waals surface area contributed by atoms with Gasteiger partial charge in [-0.25, -0.2) is 4.98 Å². The average Bonchev–Trinajstić information content (AvgIpc) is 2.82. The SMILES string of the molecule is Cc1cn2c(n1)sc1cc(C(N)CO)ccc12. The second-order valence-corrected chi connectivity index (χ2v) is 5.16. The molecule has 0 fully saturated rings. The van der Waals surface area contributed by atoms with E-state index in [1.807, 2.05) is 31.3 Å². The molecular formula is C12H13N3OS. The van der Waals surface area contributed by atoms with Crippen molar-refractivity contribution in [1.29, 1.82) is 0 Å². The van der Waals surface area contributed by atoms with Crippen molar-refractivity contribution in [3.8, 4) is 0 Å². The number of aliphatic hydroxyl groups is 1.